The van der Waals surface area contributed by atoms with E-state index in [9.17, 15) is 0 Å². The molecule has 0 heterocycles. The van der Waals surface area contributed by atoms with Crippen LogP contribution in [0.15, 0.2) is 46.9 Å². The van der Waals surface area contributed by atoms with E-state index in [-0.39, 0.29) is 0 Å². The van der Waals surface area contributed by atoms with Crippen molar-refractivity contribution in [3.63, 3.8) is 0 Å². The lowest BCUT2D eigenvalue weighted by Gasteiger charge is -2.10. The van der Waals surface area contributed by atoms with Crippen LogP contribution in [0.25, 0.3) is 0 Å². The van der Waals surface area contributed by atoms with Gasteiger partial charge in [-0.1, -0.05) is 35.0 Å². The van der Waals surface area contributed by atoms with Gasteiger partial charge in [-0.25, -0.2) is 0 Å². The monoisotopic (exact) mass is 333 g/mol. The van der Waals surface area contributed by atoms with Gasteiger partial charge in [0.25, 0.3) is 0 Å². The first-order valence-electron chi connectivity index (χ1n) is 6.92. The van der Waals surface area contributed by atoms with Gasteiger partial charge in [0.15, 0.2) is 0 Å². The molecule has 0 fully saturated rings. The molecule has 0 radical (unpaired) electrons. The lowest BCUT2D eigenvalue weighted by atomic mass is 10.2. The molecule has 0 saturated carbocycles. The fourth-order valence-electron chi connectivity index (χ4n) is 1.94. The van der Waals surface area contributed by atoms with E-state index in [1.807, 2.05) is 31.2 Å². The van der Waals surface area contributed by atoms with Crippen molar-refractivity contribution in [3.05, 3.63) is 58.1 Å². The van der Waals surface area contributed by atoms with Crippen LogP contribution in [0.3, 0.4) is 0 Å². The number of nitrogens with one attached hydrogen (secondary N) is 1. The van der Waals surface area contributed by atoms with Crippen molar-refractivity contribution in [1.29, 1.82) is 0 Å². The first-order valence-corrected chi connectivity index (χ1v) is 7.72. The van der Waals surface area contributed by atoms with Gasteiger partial charge in [0.05, 0.1) is 0 Å². The summed E-state index contributed by atoms with van der Waals surface area (Å²) in [5, 5.41) is 3.39. The molecule has 0 unspecified atom stereocenters. The molecule has 106 valence electrons. The molecule has 20 heavy (non-hydrogen) atoms. The van der Waals surface area contributed by atoms with Crippen molar-refractivity contribution in [2.75, 3.05) is 6.54 Å². The molecule has 1 N–H and O–H groups in total. The summed E-state index contributed by atoms with van der Waals surface area (Å²) in [6.07, 6.45) is 1.16. The molecule has 2 aromatic carbocycles. The zero-order valence-corrected chi connectivity index (χ0v) is 13.5. The second kappa shape index (κ2) is 7.46. The summed E-state index contributed by atoms with van der Waals surface area (Å²) in [5.74, 6) is 1.76. The zero-order chi connectivity index (χ0) is 14.4. The Balaban J connectivity index is 1.99. The summed E-state index contributed by atoms with van der Waals surface area (Å²) in [5.41, 5.74) is 2.39. The Labute approximate surface area is 129 Å². The van der Waals surface area contributed by atoms with Crippen LogP contribution in [0.2, 0.25) is 0 Å². The third-order valence-corrected chi connectivity index (χ3v) is 3.54. The van der Waals surface area contributed by atoms with Crippen molar-refractivity contribution in [2.45, 2.75) is 26.8 Å². The van der Waals surface area contributed by atoms with Gasteiger partial charge in [-0.05, 0) is 61.3 Å². The molecule has 0 aliphatic heterocycles. The Morgan fingerprint density at radius 1 is 1.10 bits per heavy atom. The molecule has 0 bridgehead atoms. The maximum absolute atomic E-state index is 5.90. The summed E-state index contributed by atoms with van der Waals surface area (Å²) in [6.45, 7) is 6.18. The molecule has 0 spiro atoms. The Morgan fingerprint density at radius 2 is 1.85 bits per heavy atom. The second-order valence-corrected chi connectivity index (χ2v) is 5.75. The predicted octanol–water partition coefficient (Wildman–Crippen LogP) is 5.05. The van der Waals surface area contributed by atoms with E-state index >= 15 is 0 Å². The number of rotatable bonds is 6. The topological polar surface area (TPSA) is 21.3 Å². The summed E-state index contributed by atoms with van der Waals surface area (Å²) in [7, 11) is 0. The highest BCUT2D eigenvalue weighted by molar-refractivity contribution is 9.10. The fourth-order valence-corrected chi connectivity index (χ4v) is 2.41. The van der Waals surface area contributed by atoms with Crippen molar-refractivity contribution in [3.8, 4) is 11.5 Å². The highest BCUT2D eigenvalue weighted by atomic mass is 79.9. The molecule has 0 amide bonds. The first kappa shape index (κ1) is 15.1. The second-order valence-electron chi connectivity index (χ2n) is 4.83. The van der Waals surface area contributed by atoms with E-state index in [1.54, 1.807) is 0 Å². The molecule has 0 saturated heterocycles. The number of hydrogen-bond donors (Lipinski definition) is 1. The summed E-state index contributed by atoms with van der Waals surface area (Å²) >= 11 is 3.46. The van der Waals surface area contributed by atoms with Gasteiger partial charge < -0.3 is 10.1 Å². The van der Waals surface area contributed by atoms with Gasteiger partial charge >= 0.3 is 0 Å². The fraction of sp³-hybridized carbons (Fsp3) is 0.294. The molecular formula is C17H20BrNO. The number of ether oxygens (including phenoxy) is 1. The Morgan fingerprint density at radius 3 is 2.50 bits per heavy atom. The number of benzene rings is 2. The predicted molar refractivity (Wildman–Crippen MR) is 87.4 cm³/mol. The minimum Gasteiger partial charge on any atom is -0.457 e. The Hall–Kier alpha value is -1.32. The Bertz CT molecular complexity index is 551. The molecule has 2 aromatic rings. The van der Waals surface area contributed by atoms with E-state index in [0.717, 1.165) is 41.0 Å². The average molecular weight is 334 g/mol. The standard InChI is InChI=1S/C17H20BrNO/c1-3-10-19-12-14-4-7-16(8-5-14)20-17-9-6-15(18)11-13(17)2/h4-9,11,19H,3,10,12H2,1-2H3. The average Bonchev–Trinajstić information content (AvgIpc) is 2.44. The highest BCUT2D eigenvalue weighted by Gasteiger charge is 2.02. The number of halogens is 1. The zero-order valence-electron chi connectivity index (χ0n) is 11.9. The van der Waals surface area contributed by atoms with Crippen LogP contribution >= 0.6 is 15.9 Å². The van der Waals surface area contributed by atoms with Crippen LogP contribution in [0.4, 0.5) is 0 Å². The van der Waals surface area contributed by atoms with Crippen LogP contribution in [-0.4, -0.2) is 6.54 Å². The lowest BCUT2D eigenvalue weighted by Crippen LogP contribution is -2.13. The van der Waals surface area contributed by atoms with Gasteiger partial charge in [-0.2, -0.15) is 0 Å². The van der Waals surface area contributed by atoms with Crippen molar-refractivity contribution in [2.24, 2.45) is 0 Å². The molecule has 0 aliphatic carbocycles. The smallest absolute Gasteiger partial charge is 0.130 e. The minimum atomic E-state index is 0.870. The summed E-state index contributed by atoms with van der Waals surface area (Å²) in [6, 6.07) is 14.3. The molecular weight excluding hydrogens is 314 g/mol. The maximum Gasteiger partial charge on any atom is 0.130 e. The van der Waals surface area contributed by atoms with Crippen LogP contribution < -0.4 is 10.1 Å². The SMILES string of the molecule is CCCNCc1ccc(Oc2ccc(Br)cc2C)cc1. The van der Waals surface area contributed by atoms with E-state index in [2.05, 4.69) is 46.4 Å². The minimum absolute atomic E-state index is 0.870. The molecule has 3 heteroatoms. The largest absolute Gasteiger partial charge is 0.457 e. The first-order chi connectivity index (χ1) is 9.69. The Kier molecular flexibility index (Phi) is 5.62. The molecule has 2 nitrogen and oxygen atoms in total. The quantitative estimate of drug-likeness (QED) is 0.747. The summed E-state index contributed by atoms with van der Waals surface area (Å²) in [4.78, 5) is 0. The van der Waals surface area contributed by atoms with Gasteiger partial charge in [-0.3, -0.25) is 0 Å². The third kappa shape index (κ3) is 4.36. The third-order valence-electron chi connectivity index (χ3n) is 3.04. The number of aryl methyl sites for hydroxylation is 1. The van der Waals surface area contributed by atoms with Crippen LogP contribution in [0, 0.1) is 6.92 Å². The maximum atomic E-state index is 5.90. The van der Waals surface area contributed by atoms with Crippen LogP contribution in [0.5, 0.6) is 11.5 Å². The molecule has 0 aliphatic rings. The molecule has 0 aromatic heterocycles. The van der Waals surface area contributed by atoms with Gasteiger partial charge in [0, 0.05) is 11.0 Å². The summed E-state index contributed by atoms with van der Waals surface area (Å²) < 4.78 is 6.97. The van der Waals surface area contributed by atoms with Crippen molar-refractivity contribution < 1.29 is 4.74 Å². The number of hydrogen-bond acceptors (Lipinski definition) is 2. The van der Waals surface area contributed by atoms with E-state index in [0.29, 0.717) is 0 Å². The van der Waals surface area contributed by atoms with E-state index < -0.39 is 0 Å². The highest BCUT2D eigenvalue weighted by Crippen LogP contribution is 2.27. The van der Waals surface area contributed by atoms with Gasteiger partial charge in [0.2, 0.25) is 0 Å². The lowest BCUT2D eigenvalue weighted by molar-refractivity contribution is 0.478. The van der Waals surface area contributed by atoms with E-state index in [4.69, 9.17) is 4.74 Å². The normalized spacial score (nSPS) is 10.6. The van der Waals surface area contributed by atoms with Crippen LogP contribution in [-0.2, 0) is 6.54 Å². The van der Waals surface area contributed by atoms with Crippen LogP contribution in [0.1, 0.15) is 24.5 Å². The molecule has 0 atom stereocenters. The molecule has 2 rings (SSSR count). The van der Waals surface area contributed by atoms with E-state index in [1.165, 1.54) is 5.56 Å². The van der Waals surface area contributed by atoms with Gasteiger partial charge in [-0.15, -0.1) is 0 Å². The van der Waals surface area contributed by atoms with Crippen molar-refractivity contribution in [1.82, 2.24) is 5.32 Å². The van der Waals surface area contributed by atoms with Gasteiger partial charge in [0.1, 0.15) is 11.5 Å². The van der Waals surface area contributed by atoms with Crippen molar-refractivity contribution >= 4 is 15.9 Å².